The second-order valence-electron chi connectivity index (χ2n) is 8.71. The van der Waals surface area contributed by atoms with Crippen molar-refractivity contribution >= 4 is 11.6 Å². The number of rotatable bonds is 2. The van der Waals surface area contributed by atoms with E-state index in [2.05, 4.69) is 18.7 Å². The highest BCUT2D eigenvalue weighted by atomic mass is 19.1. The molecule has 1 aromatic carbocycles. The first-order valence-corrected chi connectivity index (χ1v) is 9.74. The molecule has 0 aliphatic carbocycles. The van der Waals surface area contributed by atoms with Crippen molar-refractivity contribution < 1.29 is 9.18 Å². The molecular formula is C22H26FN3O2. The lowest BCUT2D eigenvalue weighted by Crippen LogP contribution is -2.49. The minimum absolute atomic E-state index is 0.0370. The van der Waals surface area contributed by atoms with Gasteiger partial charge in [-0.3, -0.25) is 9.59 Å². The Morgan fingerprint density at radius 1 is 1.18 bits per heavy atom. The van der Waals surface area contributed by atoms with Crippen molar-refractivity contribution in [1.82, 2.24) is 9.47 Å². The van der Waals surface area contributed by atoms with E-state index < -0.39 is 0 Å². The summed E-state index contributed by atoms with van der Waals surface area (Å²) in [7, 11) is 1.66. The van der Waals surface area contributed by atoms with E-state index in [-0.39, 0.29) is 28.4 Å². The number of aryl methyl sites for hydroxylation is 1. The van der Waals surface area contributed by atoms with Gasteiger partial charge in [0.1, 0.15) is 5.82 Å². The highest BCUT2D eigenvalue weighted by molar-refractivity contribution is 5.94. The van der Waals surface area contributed by atoms with Gasteiger partial charge in [0.15, 0.2) is 0 Å². The SMILES string of the molecule is Cn1cc(C(=O)N2CCCC23CN(c2cccc(F)c2)C(C)(C)C3)ccc1=O. The maximum absolute atomic E-state index is 13.8. The molecule has 1 unspecified atom stereocenters. The van der Waals surface area contributed by atoms with Gasteiger partial charge in [0.25, 0.3) is 5.91 Å². The van der Waals surface area contributed by atoms with Gasteiger partial charge in [0, 0.05) is 43.6 Å². The fourth-order valence-corrected chi connectivity index (χ4v) is 5.03. The van der Waals surface area contributed by atoms with Crippen molar-refractivity contribution in [2.75, 3.05) is 18.0 Å². The van der Waals surface area contributed by atoms with Crippen LogP contribution in [0, 0.1) is 5.82 Å². The topological polar surface area (TPSA) is 45.6 Å². The van der Waals surface area contributed by atoms with Crippen LogP contribution in [0.25, 0.3) is 0 Å². The number of hydrogen-bond donors (Lipinski definition) is 0. The van der Waals surface area contributed by atoms with Crippen LogP contribution in [0.15, 0.2) is 47.4 Å². The highest BCUT2D eigenvalue weighted by Crippen LogP contribution is 2.47. The number of hydrogen-bond acceptors (Lipinski definition) is 3. The number of benzene rings is 1. The van der Waals surface area contributed by atoms with Crippen LogP contribution in [-0.2, 0) is 7.05 Å². The van der Waals surface area contributed by atoms with E-state index in [1.807, 2.05) is 11.0 Å². The number of aromatic nitrogens is 1. The van der Waals surface area contributed by atoms with Gasteiger partial charge in [-0.2, -0.15) is 0 Å². The standard InChI is InChI=1S/C22H26FN3O2/c1-21(2)14-22(15-26(21)18-7-4-6-17(23)12-18)10-5-11-25(22)20(28)16-8-9-19(27)24(3)13-16/h4,6-9,12-13H,5,10-11,14-15H2,1-3H3. The van der Waals surface area contributed by atoms with Gasteiger partial charge < -0.3 is 14.4 Å². The molecule has 5 nitrogen and oxygen atoms in total. The monoisotopic (exact) mass is 383 g/mol. The molecule has 1 atom stereocenters. The Morgan fingerprint density at radius 2 is 1.96 bits per heavy atom. The Bertz CT molecular complexity index is 984. The highest BCUT2D eigenvalue weighted by Gasteiger charge is 2.55. The summed E-state index contributed by atoms with van der Waals surface area (Å²) in [6, 6.07) is 9.72. The maximum Gasteiger partial charge on any atom is 0.255 e. The van der Waals surface area contributed by atoms with Crippen LogP contribution in [0.1, 0.15) is 43.5 Å². The molecule has 1 amide bonds. The normalized spacial score (nSPS) is 23.6. The predicted octanol–water partition coefficient (Wildman–Crippen LogP) is 3.19. The van der Waals surface area contributed by atoms with Crippen molar-refractivity contribution in [3.63, 3.8) is 0 Å². The van der Waals surface area contributed by atoms with Gasteiger partial charge in [0.05, 0.1) is 11.1 Å². The smallest absolute Gasteiger partial charge is 0.255 e. The first-order chi connectivity index (χ1) is 13.2. The van der Waals surface area contributed by atoms with Crippen LogP contribution < -0.4 is 10.5 Å². The Balaban J connectivity index is 1.67. The van der Waals surface area contributed by atoms with Gasteiger partial charge in [-0.25, -0.2) is 4.39 Å². The van der Waals surface area contributed by atoms with Crippen LogP contribution in [0.4, 0.5) is 10.1 Å². The van der Waals surface area contributed by atoms with E-state index in [0.717, 1.165) is 24.9 Å². The van der Waals surface area contributed by atoms with Crippen LogP contribution in [0.3, 0.4) is 0 Å². The first kappa shape index (κ1) is 18.7. The molecule has 148 valence electrons. The van der Waals surface area contributed by atoms with Gasteiger partial charge in [0.2, 0.25) is 5.56 Å². The number of anilines is 1. The van der Waals surface area contributed by atoms with E-state index >= 15 is 0 Å². The van der Waals surface area contributed by atoms with Crippen molar-refractivity contribution in [2.45, 2.75) is 44.2 Å². The third kappa shape index (κ3) is 3.01. The Labute approximate surface area is 164 Å². The van der Waals surface area contributed by atoms with E-state index in [9.17, 15) is 14.0 Å². The summed E-state index contributed by atoms with van der Waals surface area (Å²) in [6.45, 7) is 5.69. The number of carbonyl (C=O) groups is 1. The Morgan fingerprint density at radius 3 is 2.68 bits per heavy atom. The summed E-state index contributed by atoms with van der Waals surface area (Å²) >= 11 is 0. The van der Waals surface area contributed by atoms with Crippen LogP contribution in [0.5, 0.6) is 0 Å². The number of halogens is 1. The Hall–Kier alpha value is -2.63. The molecule has 6 heteroatoms. The van der Waals surface area contributed by atoms with Crippen molar-refractivity contribution in [3.05, 3.63) is 64.3 Å². The molecular weight excluding hydrogens is 357 g/mol. The lowest BCUT2D eigenvalue weighted by Gasteiger charge is -2.35. The summed E-state index contributed by atoms with van der Waals surface area (Å²) < 4.78 is 15.3. The number of nitrogens with zero attached hydrogens (tertiary/aromatic N) is 3. The lowest BCUT2D eigenvalue weighted by atomic mass is 9.87. The Kier molecular flexibility index (Phi) is 4.32. The molecule has 1 aromatic heterocycles. The van der Waals surface area contributed by atoms with E-state index in [4.69, 9.17) is 0 Å². The molecule has 3 heterocycles. The predicted molar refractivity (Wildman–Crippen MR) is 107 cm³/mol. The number of amides is 1. The summed E-state index contributed by atoms with van der Waals surface area (Å²) in [6.07, 6.45) is 4.32. The molecule has 4 rings (SSSR count). The largest absolute Gasteiger partial charge is 0.364 e. The van der Waals surface area contributed by atoms with Crippen LogP contribution in [-0.4, -0.2) is 39.5 Å². The number of likely N-dealkylation sites (tertiary alicyclic amines) is 1. The second-order valence-corrected chi connectivity index (χ2v) is 8.71. The van der Waals surface area contributed by atoms with Gasteiger partial charge >= 0.3 is 0 Å². The van der Waals surface area contributed by atoms with Gasteiger partial charge in [-0.05, 0) is 57.4 Å². The lowest BCUT2D eigenvalue weighted by molar-refractivity contribution is 0.0616. The molecule has 2 aliphatic rings. The quantitative estimate of drug-likeness (QED) is 0.800. The summed E-state index contributed by atoms with van der Waals surface area (Å²) in [5.41, 5.74) is 0.780. The molecule has 0 N–H and O–H groups in total. The third-order valence-corrected chi connectivity index (χ3v) is 6.24. The third-order valence-electron chi connectivity index (χ3n) is 6.24. The zero-order valence-corrected chi connectivity index (χ0v) is 16.6. The molecule has 1 spiro atoms. The fraction of sp³-hybridized carbons (Fsp3) is 0.455. The minimum atomic E-state index is -0.276. The first-order valence-electron chi connectivity index (χ1n) is 9.74. The molecule has 2 fully saturated rings. The molecule has 2 aromatic rings. The second kappa shape index (κ2) is 6.47. The van der Waals surface area contributed by atoms with Crippen molar-refractivity contribution in [1.29, 1.82) is 0 Å². The van der Waals surface area contributed by atoms with E-state index in [0.29, 0.717) is 18.7 Å². The molecule has 0 radical (unpaired) electrons. The van der Waals surface area contributed by atoms with Gasteiger partial charge in [-0.1, -0.05) is 6.07 Å². The zero-order chi connectivity index (χ0) is 20.1. The average molecular weight is 383 g/mol. The van der Waals surface area contributed by atoms with Crippen LogP contribution in [0.2, 0.25) is 0 Å². The molecule has 0 bridgehead atoms. The fourth-order valence-electron chi connectivity index (χ4n) is 5.03. The molecule has 0 saturated carbocycles. The van der Waals surface area contributed by atoms with E-state index in [1.54, 1.807) is 31.4 Å². The summed E-state index contributed by atoms with van der Waals surface area (Å²) in [4.78, 5) is 29.2. The molecule has 28 heavy (non-hydrogen) atoms. The maximum atomic E-state index is 13.8. The molecule has 2 aliphatic heterocycles. The summed E-state index contributed by atoms with van der Waals surface area (Å²) in [5, 5.41) is 0. The molecule has 2 saturated heterocycles. The van der Waals surface area contributed by atoms with Gasteiger partial charge in [-0.15, -0.1) is 0 Å². The zero-order valence-electron chi connectivity index (χ0n) is 16.6. The van der Waals surface area contributed by atoms with Crippen LogP contribution >= 0.6 is 0 Å². The number of pyridine rings is 1. The van der Waals surface area contributed by atoms with Crippen molar-refractivity contribution in [3.8, 4) is 0 Å². The van der Waals surface area contributed by atoms with E-state index in [1.165, 1.54) is 16.7 Å². The number of carbonyl (C=O) groups excluding carboxylic acids is 1. The van der Waals surface area contributed by atoms with Crippen molar-refractivity contribution in [2.24, 2.45) is 7.05 Å². The summed E-state index contributed by atoms with van der Waals surface area (Å²) in [5.74, 6) is -0.288. The average Bonchev–Trinajstić information content (AvgIpc) is 3.16. The minimum Gasteiger partial charge on any atom is -0.364 e.